The van der Waals surface area contributed by atoms with Crippen molar-refractivity contribution in [3.8, 4) is 0 Å². The van der Waals surface area contributed by atoms with Crippen LogP contribution in [0.3, 0.4) is 0 Å². The number of ether oxygens (including phenoxy) is 2. The van der Waals surface area contributed by atoms with Crippen molar-refractivity contribution in [2.24, 2.45) is 0 Å². The molecule has 1 N–H and O–H groups in total. The van der Waals surface area contributed by atoms with Crippen molar-refractivity contribution in [2.75, 3.05) is 13.7 Å². The predicted molar refractivity (Wildman–Crippen MR) is 74.3 cm³/mol. The zero-order chi connectivity index (χ0) is 15.1. The van der Waals surface area contributed by atoms with Crippen LogP contribution in [0.25, 0.3) is 0 Å². The monoisotopic (exact) mass is 293 g/mol. The number of rotatable bonds is 6. The molecule has 0 bridgehead atoms. The smallest absolute Gasteiger partial charge is 0.330 e. The van der Waals surface area contributed by atoms with E-state index in [1.807, 2.05) is 10.8 Å². The Hall–Kier alpha value is -2.15. The Morgan fingerprint density at radius 3 is 3.10 bits per heavy atom. The number of carbonyl (C=O) groups is 2. The van der Waals surface area contributed by atoms with E-state index in [9.17, 15) is 9.59 Å². The van der Waals surface area contributed by atoms with Gasteiger partial charge in [-0.15, -0.1) is 0 Å². The molecular weight excluding hydrogens is 274 g/mol. The summed E-state index contributed by atoms with van der Waals surface area (Å²) in [6.45, 7) is 0.978. The van der Waals surface area contributed by atoms with Gasteiger partial charge in [-0.25, -0.2) is 9.78 Å². The largest absolute Gasteiger partial charge is 0.466 e. The Balaban J connectivity index is 1.69. The Morgan fingerprint density at radius 2 is 2.38 bits per heavy atom. The highest BCUT2D eigenvalue weighted by molar-refractivity contribution is 5.83. The van der Waals surface area contributed by atoms with Gasteiger partial charge in [-0.05, 0) is 12.8 Å². The summed E-state index contributed by atoms with van der Waals surface area (Å²) < 4.78 is 12.1. The summed E-state index contributed by atoms with van der Waals surface area (Å²) in [5.74, 6) is -0.598. The van der Waals surface area contributed by atoms with E-state index in [0.29, 0.717) is 13.0 Å². The fourth-order valence-corrected chi connectivity index (χ4v) is 2.16. The van der Waals surface area contributed by atoms with Crippen molar-refractivity contribution in [3.05, 3.63) is 30.9 Å². The molecule has 0 unspecified atom stereocenters. The summed E-state index contributed by atoms with van der Waals surface area (Å²) in [5, 5.41) is 2.71. The van der Waals surface area contributed by atoms with Crippen LogP contribution >= 0.6 is 0 Å². The molecule has 0 spiro atoms. The van der Waals surface area contributed by atoms with E-state index in [4.69, 9.17) is 4.74 Å². The summed E-state index contributed by atoms with van der Waals surface area (Å²) in [7, 11) is 1.30. The minimum atomic E-state index is -0.443. The van der Waals surface area contributed by atoms with Crippen LogP contribution in [-0.2, 0) is 25.6 Å². The van der Waals surface area contributed by atoms with Crippen LogP contribution in [0, 0.1) is 0 Å². The molecule has 114 valence electrons. The maximum absolute atomic E-state index is 11.9. The first-order valence-electron chi connectivity index (χ1n) is 6.82. The number of aromatic nitrogens is 2. The van der Waals surface area contributed by atoms with Crippen LogP contribution in [0.5, 0.6) is 0 Å². The molecular formula is C14H19N3O4. The van der Waals surface area contributed by atoms with Crippen molar-refractivity contribution < 1.29 is 19.1 Å². The summed E-state index contributed by atoms with van der Waals surface area (Å²) in [6, 6.07) is 0. The van der Waals surface area contributed by atoms with Crippen molar-refractivity contribution in [2.45, 2.75) is 31.6 Å². The van der Waals surface area contributed by atoms with E-state index in [0.717, 1.165) is 6.42 Å². The topological polar surface area (TPSA) is 82.5 Å². The fourth-order valence-electron chi connectivity index (χ4n) is 2.16. The lowest BCUT2D eigenvalue weighted by molar-refractivity contribution is -0.135. The second-order valence-corrected chi connectivity index (χ2v) is 4.75. The Labute approximate surface area is 122 Å². The second kappa shape index (κ2) is 7.58. The van der Waals surface area contributed by atoms with Crippen LogP contribution in [0.15, 0.2) is 30.9 Å². The maximum atomic E-state index is 11.9. The van der Waals surface area contributed by atoms with Gasteiger partial charge < -0.3 is 19.4 Å². The number of nitrogens with one attached hydrogen (secondary N) is 1. The zero-order valence-corrected chi connectivity index (χ0v) is 11.9. The second-order valence-electron chi connectivity index (χ2n) is 4.75. The molecule has 7 nitrogen and oxygen atoms in total. The van der Waals surface area contributed by atoms with E-state index < -0.39 is 12.1 Å². The van der Waals surface area contributed by atoms with Crippen molar-refractivity contribution >= 4 is 11.9 Å². The molecule has 0 aliphatic carbocycles. The molecule has 2 rings (SSSR count). The summed E-state index contributed by atoms with van der Waals surface area (Å²) >= 11 is 0. The van der Waals surface area contributed by atoms with Crippen LogP contribution in [0.2, 0.25) is 0 Å². The fraction of sp³-hybridized carbons (Fsp3) is 0.500. The summed E-state index contributed by atoms with van der Waals surface area (Å²) in [6.07, 6.45) is 9.28. The molecule has 0 aromatic carbocycles. The lowest BCUT2D eigenvalue weighted by atomic mass is 10.2. The van der Waals surface area contributed by atoms with Gasteiger partial charge in [-0.1, -0.05) is 6.08 Å². The van der Waals surface area contributed by atoms with E-state index in [-0.39, 0.29) is 18.6 Å². The maximum Gasteiger partial charge on any atom is 0.330 e. The number of esters is 1. The number of hydrogen-bond donors (Lipinski definition) is 1. The third-order valence-corrected chi connectivity index (χ3v) is 3.22. The average molecular weight is 293 g/mol. The first kappa shape index (κ1) is 15.2. The lowest BCUT2D eigenvalue weighted by Crippen LogP contribution is -2.35. The van der Waals surface area contributed by atoms with Gasteiger partial charge in [0.05, 0.1) is 19.5 Å². The van der Waals surface area contributed by atoms with Crippen molar-refractivity contribution in [3.63, 3.8) is 0 Å². The van der Waals surface area contributed by atoms with Gasteiger partial charge in [0.25, 0.3) is 0 Å². The highest BCUT2D eigenvalue weighted by Gasteiger charge is 2.30. The molecule has 1 aromatic rings. The minimum Gasteiger partial charge on any atom is -0.466 e. The number of amides is 1. The quantitative estimate of drug-likeness (QED) is 0.601. The van der Waals surface area contributed by atoms with Gasteiger partial charge in [-0.3, -0.25) is 4.79 Å². The number of carbonyl (C=O) groups excluding carboxylic acids is 2. The van der Waals surface area contributed by atoms with Crippen molar-refractivity contribution in [1.29, 1.82) is 0 Å². The third-order valence-electron chi connectivity index (χ3n) is 3.22. The number of nitrogens with zero attached hydrogens (tertiary/aromatic N) is 2. The molecule has 0 radical (unpaired) electrons. The Bertz CT molecular complexity index is 498. The third kappa shape index (κ3) is 4.71. The highest BCUT2D eigenvalue weighted by Crippen LogP contribution is 2.21. The normalized spacial score (nSPS) is 21.6. The van der Waals surface area contributed by atoms with Gasteiger partial charge in [0.1, 0.15) is 6.10 Å². The molecule has 1 fully saturated rings. The van der Waals surface area contributed by atoms with E-state index in [1.165, 1.54) is 13.2 Å². The molecule has 1 aliphatic rings. The molecule has 1 aliphatic heterocycles. The first-order chi connectivity index (χ1) is 10.2. The summed E-state index contributed by atoms with van der Waals surface area (Å²) in [5.41, 5.74) is 0. The first-order valence-corrected chi connectivity index (χ1v) is 6.82. The molecule has 1 saturated heterocycles. The summed E-state index contributed by atoms with van der Waals surface area (Å²) in [4.78, 5) is 26.7. The average Bonchev–Trinajstić information content (AvgIpc) is 3.15. The SMILES string of the molecule is COC(=O)/C=C/CNC(=O)[C@@H]1CC[C@H](Cn2ccnc2)O1. The number of hydrogen-bond acceptors (Lipinski definition) is 5. The molecule has 1 aromatic heterocycles. The van der Waals surface area contributed by atoms with E-state index >= 15 is 0 Å². The highest BCUT2D eigenvalue weighted by atomic mass is 16.5. The molecule has 2 heterocycles. The van der Waals surface area contributed by atoms with E-state index in [2.05, 4.69) is 15.0 Å². The van der Waals surface area contributed by atoms with Crippen LogP contribution in [-0.4, -0.2) is 47.3 Å². The molecule has 0 saturated carbocycles. The van der Waals surface area contributed by atoms with Gasteiger partial charge in [0, 0.05) is 31.6 Å². The lowest BCUT2D eigenvalue weighted by Gasteiger charge is -2.13. The van der Waals surface area contributed by atoms with E-state index in [1.54, 1.807) is 18.6 Å². The van der Waals surface area contributed by atoms with Gasteiger partial charge in [-0.2, -0.15) is 0 Å². The molecule has 7 heteroatoms. The van der Waals surface area contributed by atoms with Gasteiger partial charge in [0.15, 0.2) is 0 Å². The van der Waals surface area contributed by atoms with Crippen LogP contribution in [0.1, 0.15) is 12.8 Å². The van der Waals surface area contributed by atoms with Crippen molar-refractivity contribution in [1.82, 2.24) is 14.9 Å². The minimum absolute atomic E-state index is 0.0283. The Kier molecular flexibility index (Phi) is 5.51. The zero-order valence-electron chi connectivity index (χ0n) is 11.9. The number of methoxy groups -OCH3 is 1. The molecule has 21 heavy (non-hydrogen) atoms. The Morgan fingerprint density at radius 1 is 1.52 bits per heavy atom. The molecule has 2 atom stereocenters. The van der Waals surface area contributed by atoms with Gasteiger partial charge >= 0.3 is 5.97 Å². The standard InChI is InChI=1S/C14H19N3O4/c1-20-13(18)3-2-6-16-14(19)12-5-4-11(21-12)9-17-8-7-15-10-17/h2-3,7-8,10-12H,4-6,9H2,1H3,(H,16,19)/b3-2+/t11-,12+/m1/s1. The van der Waals surface area contributed by atoms with Gasteiger partial charge in [0.2, 0.25) is 5.91 Å². The predicted octanol–water partition coefficient (Wildman–Crippen LogP) is 0.276. The van der Waals surface area contributed by atoms with Crippen LogP contribution in [0.4, 0.5) is 0 Å². The molecule has 1 amide bonds. The number of imidazole rings is 1. The van der Waals surface area contributed by atoms with Crippen LogP contribution < -0.4 is 5.32 Å².